The monoisotopic (exact) mass is 197 g/mol. The second-order valence-electron chi connectivity index (χ2n) is 5.36. The molecule has 0 aromatic rings. The molecule has 2 heteroatoms. The number of nitrogens with one attached hydrogen (secondary N) is 1. The Bertz CT molecular complexity index is 193. The van der Waals surface area contributed by atoms with E-state index >= 15 is 0 Å². The Morgan fingerprint density at radius 3 is 2.57 bits per heavy atom. The van der Waals surface area contributed by atoms with Gasteiger partial charge >= 0.3 is 0 Å². The summed E-state index contributed by atoms with van der Waals surface area (Å²) in [7, 11) is 0. The third-order valence-corrected chi connectivity index (χ3v) is 3.62. The minimum Gasteiger partial charge on any atom is -0.378 e. The van der Waals surface area contributed by atoms with Crippen molar-refractivity contribution < 1.29 is 4.74 Å². The van der Waals surface area contributed by atoms with Gasteiger partial charge in [0.15, 0.2) is 0 Å². The van der Waals surface area contributed by atoms with Crippen molar-refractivity contribution in [3.63, 3.8) is 0 Å². The highest BCUT2D eigenvalue weighted by Crippen LogP contribution is 2.31. The van der Waals surface area contributed by atoms with Crippen molar-refractivity contribution in [1.82, 2.24) is 5.32 Å². The summed E-state index contributed by atoms with van der Waals surface area (Å²) < 4.78 is 5.76. The molecule has 2 aliphatic rings. The van der Waals surface area contributed by atoms with Crippen LogP contribution in [0.15, 0.2) is 0 Å². The van der Waals surface area contributed by atoms with Gasteiger partial charge in [0.25, 0.3) is 0 Å². The van der Waals surface area contributed by atoms with Crippen LogP contribution in [0, 0.1) is 11.8 Å². The minimum absolute atomic E-state index is 0.482. The molecule has 1 aliphatic carbocycles. The van der Waals surface area contributed by atoms with Gasteiger partial charge in [-0.2, -0.15) is 0 Å². The summed E-state index contributed by atoms with van der Waals surface area (Å²) in [6, 6.07) is 1.53. The van der Waals surface area contributed by atoms with Crippen LogP contribution in [0.2, 0.25) is 0 Å². The summed E-state index contributed by atoms with van der Waals surface area (Å²) in [4.78, 5) is 0. The first kappa shape index (κ1) is 10.4. The van der Waals surface area contributed by atoms with E-state index in [0.717, 1.165) is 18.6 Å². The van der Waals surface area contributed by atoms with Gasteiger partial charge in [0.2, 0.25) is 0 Å². The van der Waals surface area contributed by atoms with Gasteiger partial charge in [0.1, 0.15) is 0 Å². The zero-order chi connectivity index (χ0) is 10.1. The average Bonchev–Trinajstić information content (AvgIpc) is 2.82. The molecule has 4 atom stereocenters. The summed E-state index contributed by atoms with van der Waals surface area (Å²) in [6.45, 7) is 7.79. The second kappa shape index (κ2) is 4.19. The molecule has 1 saturated heterocycles. The van der Waals surface area contributed by atoms with Crippen LogP contribution in [-0.2, 0) is 4.74 Å². The average molecular weight is 197 g/mol. The van der Waals surface area contributed by atoms with Gasteiger partial charge in [-0.25, -0.2) is 0 Å². The molecule has 82 valence electrons. The topological polar surface area (TPSA) is 21.3 Å². The first-order valence-electron chi connectivity index (χ1n) is 6.04. The Morgan fingerprint density at radius 1 is 1.29 bits per heavy atom. The van der Waals surface area contributed by atoms with Crippen LogP contribution in [0.25, 0.3) is 0 Å². The van der Waals surface area contributed by atoms with E-state index in [2.05, 4.69) is 26.1 Å². The number of hydrogen-bond donors (Lipinski definition) is 1. The fraction of sp³-hybridized carbons (Fsp3) is 1.00. The lowest BCUT2D eigenvalue weighted by molar-refractivity contribution is -0.0247. The van der Waals surface area contributed by atoms with E-state index in [1.165, 1.54) is 19.3 Å². The highest BCUT2D eigenvalue weighted by Gasteiger charge is 2.35. The van der Waals surface area contributed by atoms with Crippen LogP contribution in [-0.4, -0.2) is 24.8 Å². The van der Waals surface area contributed by atoms with Crippen molar-refractivity contribution in [2.45, 2.75) is 58.2 Å². The molecule has 2 fully saturated rings. The third-order valence-electron chi connectivity index (χ3n) is 3.62. The molecular weight excluding hydrogens is 174 g/mol. The van der Waals surface area contributed by atoms with Crippen molar-refractivity contribution >= 4 is 0 Å². The number of rotatable bonds is 3. The second-order valence-corrected chi connectivity index (χ2v) is 5.36. The summed E-state index contributed by atoms with van der Waals surface area (Å²) >= 11 is 0. The van der Waals surface area contributed by atoms with Gasteiger partial charge in [-0.3, -0.25) is 0 Å². The van der Waals surface area contributed by atoms with E-state index in [1.54, 1.807) is 0 Å². The van der Waals surface area contributed by atoms with Crippen LogP contribution in [0.4, 0.5) is 0 Å². The summed E-state index contributed by atoms with van der Waals surface area (Å²) in [6.07, 6.45) is 4.27. The number of hydrogen-bond acceptors (Lipinski definition) is 2. The standard InChI is InChI=1S/C12H23NO/c1-8(2)12-7-10(4-5-14-12)13-11-6-9(11)3/h8-13H,4-7H2,1-3H3. The van der Waals surface area contributed by atoms with Gasteiger partial charge in [-0.15, -0.1) is 0 Å². The zero-order valence-corrected chi connectivity index (χ0v) is 9.62. The van der Waals surface area contributed by atoms with E-state index in [4.69, 9.17) is 4.74 Å². The molecule has 1 aliphatic heterocycles. The van der Waals surface area contributed by atoms with Crippen LogP contribution in [0.3, 0.4) is 0 Å². The molecule has 0 amide bonds. The SMILES string of the molecule is CC(C)C1CC(NC2CC2C)CCO1. The largest absolute Gasteiger partial charge is 0.378 e. The molecular formula is C12H23NO. The quantitative estimate of drug-likeness (QED) is 0.749. The van der Waals surface area contributed by atoms with Crippen molar-refractivity contribution in [3.8, 4) is 0 Å². The minimum atomic E-state index is 0.482. The molecule has 0 aromatic heterocycles. The number of ether oxygens (including phenoxy) is 1. The summed E-state index contributed by atoms with van der Waals surface area (Å²) in [5.41, 5.74) is 0. The predicted octanol–water partition coefficient (Wildman–Crippen LogP) is 2.19. The highest BCUT2D eigenvalue weighted by atomic mass is 16.5. The Balaban J connectivity index is 1.76. The van der Waals surface area contributed by atoms with Gasteiger partial charge in [0.05, 0.1) is 6.10 Å². The van der Waals surface area contributed by atoms with Crippen LogP contribution < -0.4 is 5.32 Å². The molecule has 0 radical (unpaired) electrons. The summed E-state index contributed by atoms with van der Waals surface area (Å²) in [5, 5.41) is 3.75. The molecule has 1 heterocycles. The van der Waals surface area contributed by atoms with Gasteiger partial charge in [-0.05, 0) is 31.1 Å². The van der Waals surface area contributed by atoms with E-state index < -0.39 is 0 Å². The maximum atomic E-state index is 5.76. The Morgan fingerprint density at radius 2 is 2.00 bits per heavy atom. The highest BCUT2D eigenvalue weighted by molar-refractivity contribution is 4.93. The summed E-state index contributed by atoms with van der Waals surface area (Å²) in [5.74, 6) is 1.58. The molecule has 1 N–H and O–H groups in total. The Kier molecular flexibility index (Phi) is 3.13. The third kappa shape index (κ3) is 2.48. The van der Waals surface area contributed by atoms with Gasteiger partial charge in [-0.1, -0.05) is 20.8 Å². The van der Waals surface area contributed by atoms with Crippen molar-refractivity contribution in [3.05, 3.63) is 0 Å². The van der Waals surface area contributed by atoms with Crippen molar-refractivity contribution in [2.24, 2.45) is 11.8 Å². The molecule has 0 spiro atoms. The molecule has 4 unspecified atom stereocenters. The smallest absolute Gasteiger partial charge is 0.0612 e. The van der Waals surface area contributed by atoms with Crippen LogP contribution in [0.1, 0.15) is 40.0 Å². The predicted molar refractivity (Wildman–Crippen MR) is 58.3 cm³/mol. The molecule has 14 heavy (non-hydrogen) atoms. The van der Waals surface area contributed by atoms with Gasteiger partial charge in [0, 0.05) is 18.7 Å². The Hall–Kier alpha value is -0.0800. The fourth-order valence-electron chi connectivity index (χ4n) is 2.30. The van der Waals surface area contributed by atoms with E-state index in [-0.39, 0.29) is 0 Å². The lowest BCUT2D eigenvalue weighted by Crippen LogP contribution is -2.42. The maximum Gasteiger partial charge on any atom is 0.0612 e. The normalized spacial score (nSPS) is 42.9. The van der Waals surface area contributed by atoms with Crippen LogP contribution in [0.5, 0.6) is 0 Å². The lowest BCUT2D eigenvalue weighted by atomic mass is 9.95. The first-order chi connectivity index (χ1) is 6.66. The van der Waals surface area contributed by atoms with Crippen molar-refractivity contribution in [2.75, 3.05) is 6.61 Å². The first-order valence-corrected chi connectivity index (χ1v) is 6.04. The Labute approximate surface area is 87.4 Å². The maximum absolute atomic E-state index is 5.76. The molecule has 2 rings (SSSR count). The fourth-order valence-corrected chi connectivity index (χ4v) is 2.30. The lowest BCUT2D eigenvalue weighted by Gasteiger charge is -2.32. The molecule has 2 nitrogen and oxygen atoms in total. The molecule has 0 bridgehead atoms. The van der Waals surface area contributed by atoms with E-state index in [9.17, 15) is 0 Å². The van der Waals surface area contributed by atoms with E-state index in [0.29, 0.717) is 18.1 Å². The molecule has 0 aromatic carbocycles. The van der Waals surface area contributed by atoms with Gasteiger partial charge < -0.3 is 10.1 Å². The zero-order valence-electron chi connectivity index (χ0n) is 9.62. The molecule has 1 saturated carbocycles. The van der Waals surface area contributed by atoms with Crippen LogP contribution >= 0.6 is 0 Å². The van der Waals surface area contributed by atoms with E-state index in [1.807, 2.05) is 0 Å². The van der Waals surface area contributed by atoms with Crippen molar-refractivity contribution in [1.29, 1.82) is 0 Å².